The zero-order chi connectivity index (χ0) is 23.1. The lowest BCUT2D eigenvalue weighted by molar-refractivity contribution is 0.453. The van der Waals surface area contributed by atoms with E-state index in [-0.39, 0.29) is 7.69 Å². The molecule has 164 valence electrons. The van der Waals surface area contributed by atoms with E-state index in [4.69, 9.17) is 4.65 Å². The van der Waals surface area contributed by atoms with Gasteiger partial charge >= 0.3 is 7.69 Å². The van der Waals surface area contributed by atoms with Crippen LogP contribution in [-0.4, -0.2) is 17.3 Å². The summed E-state index contributed by atoms with van der Waals surface area (Å²) in [7, 11) is -0.348. The van der Waals surface area contributed by atoms with E-state index >= 15 is 0 Å². The summed E-state index contributed by atoms with van der Waals surface area (Å²) in [6.07, 6.45) is 0. The van der Waals surface area contributed by atoms with Gasteiger partial charge in [0.15, 0.2) is 0 Å². The van der Waals surface area contributed by atoms with Crippen molar-refractivity contribution in [2.75, 3.05) is 0 Å². The van der Waals surface area contributed by atoms with Crippen LogP contribution in [0.2, 0.25) is 0 Å². The number of aromatic nitrogens is 1. The number of hydrogen-bond donors (Lipinski definition) is 1. The van der Waals surface area contributed by atoms with Crippen LogP contribution < -0.4 is 4.65 Å². The van der Waals surface area contributed by atoms with Gasteiger partial charge in [-0.2, -0.15) is 0 Å². The van der Waals surface area contributed by atoms with Crippen LogP contribution in [0.15, 0.2) is 109 Å². The Labute approximate surface area is 203 Å². The van der Waals surface area contributed by atoms with Gasteiger partial charge in [0.25, 0.3) is 0 Å². The fraction of sp³-hybridized carbons (Fsp3) is 0.0323. The van der Waals surface area contributed by atoms with E-state index in [1.165, 1.54) is 60.9 Å². The van der Waals surface area contributed by atoms with Gasteiger partial charge in [0.1, 0.15) is 5.75 Å². The second-order valence-electron chi connectivity index (χ2n) is 9.35. The van der Waals surface area contributed by atoms with E-state index in [0.29, 0.717) is 5.75 Å². The van der Waals surface area contributed by atoms with Crippen molar-refractivity contribution in [3.05, 3.63) is 131 Å². The average Bonchev–Trinajstić information content (AvgIpc) is 3.40. The Morgan fingerprint density at radius 3 is 2.26 bits per heavy atom. The highest BCUT2D eigenvalue weighted by Crippen LogP contribution is 2.61. The van der Waals surface area contributed by atoms with Crippen molar-refractivity contribution in [2.24, 2.45) is 0 Å². The fourth-order valence-electron chi connectivity index (χ4n) is 6.71. The van der Waals surface area contributed by atoms with Crippen LogP contribution in [0.3, 0.4) is 0 Å². The van der Waals surface area contributed by atoms with Gasteiger partial charge in [-0.3, -0.25) is 0 Å². The molecule has 0 bridgehead atoms. The zero-order valence-electron chi connectivity index (χ0n) is 18.9. The average molecular weight is 449 g/mol. The summed E-state index contributed by atoms with van der Waals surface area (Å²) >= 11 is 0. The van der Waals surface area contributed by atoms with E-state index in [9.17, 15) is 5.02 Å². The molecule has 0 radical (unpaired) electrons. The first-order valence-corrected chi connectivity index (χ1v) is 11.9. The minimum absolute atomic E-state index is 0.348. The summed E-state index contributed by atoms with van der Waals surface area (Å²) in [6.45, 7) is 0. The van der Waals surface area contributed by atoms with Crippen molar-refractivity contribution in [1.82, 2.24) is 4.57 Å². The minimum Gasteiger partial charge on any atom is -0.539 e. The smallest absolute Gasteiger partial charge is 0.504 e. The second-order valence-corrected chi connectivity index (χ2v) is 9.35. The van der Waals surface area contributed by atoms with Crippen molar-refractivity contribution < 1.29 is 9.68 Å². The monoisotopic (exact) mass is 449 g/mol. The van der Waals surface area contributed by atoms with Crippen LogP contribution in [0.25, 0.3) is 38.6 Å². The van der Waals surface area contributed by atoms with Gasteiger partial charge in [-0.15, -0.1) is 0 Å². The molecular weight excluding hydrogens is 429 g/mol. The molecule has 2 heterocycles. The standard InChI is InChI=1S/C31H20BNO2/c34-32-35-19-16-17-21-20-8-1-3-11-24(20)31(27(21)18-19)25-12-4-6-15-29(25)33-28-14-5-2-9-22(28)23-10-7-13-26(31)30(23)33/h1-18,32,34H. The number of fused-ring (bicyclic) bond motifs is 12. The molecule has 35 heavy (non-hydrogen) atoms. The van der Waals surface area contributed by atoms with Crippen LogP contribution in [0, 0.1) is 0 Å². The molecule has 0 amide bonds. The maximum Gasteiger partial charge on any atom is 0.504 e. The molecule has 1 spiro atoms. The number of benzene rings is 5. The molecule has 1 atom stereocenters. The molecule has 5 aromatic carbocycles. The third-order valence-electron chi connectivity index (χ3n) is 7.90. The molecular formula is C31H20BNO2. The predicted octanol–water partition coefficient (Wildman–Crippen LogP) is 6.10. The summed E-state index contributed by atoms with van der Waals surface area (Å²) in [5.41, 5.74) is 10.7. The van der Waals surface area contributed by atoms with Gasteiger partial charge < -0.3 is 14.2 Å². The number of nitrogens with zero attached hydrogens (tertiary/aromatic N) is 1. The number of rotatable bonds is 2. The van der Waals surface area contributed by atoms with Crippen LogP contribution in [-0.2, 0) is 5.41 Å². The van der Waals surface area contributed by atoms with Crippen molar-refractivity contribution in [2.45, 2.75) is 5.41 Å². The van der Waals surface area contributed by atoms with Gasteiger partial charge in [-0.25, -0.2) is 0 Å². The SMILES string of the molecule is OBOc1ccc2c(c1)C1(c3ccccc3-2)c2ccccc2-n2c3ccccc3c3cccc1c32. The molecule has 1 unspecified atom stereocenters. The molecule has 4 heteroatoms. The summed E-state index contributed by atoms with van der Waals surface area (Å²) in [6, 6.07) is 39.2. The molecule has 3 nitrogen and oxygen atoms in total. The lowest BCUT2D eigenvalue weighted by atomic mass is 9.65. The Morgan fingerprint density at radius 2 is 1.34 bits per heavy atom. The quantitative estimate of drug-likeness (QED) is 0.324. The van der Waals surface area contributed by atoms with E-state index in [1.54, 1.807) is 0 Å². The Morgan fingerprint density at radius 1 is 0.629 bits per heavy atom. The van der Waals surface area contributed by atoms with E-state index in [2.05, 4.69) is 108 Å². The third-order valence-corrected chi connectivity index (χ3v) is 7.90. The van der Waals surface area contributed by atoms with Gasteiger partial charge in [0, 0.05) is 10.8 Å². The second kappa shape index (κ2) is 6.65. The molecule has 1 N–H and O–H groups in total. The summed E-state index contributed by atoms with van der Waals surface area (Å²) in [5.74, 6) is 0.675. The van der Waals surface area contributed by atoms with Gasteiger partial charge in [-0.1, -0.05) is 84.9 Å². The summed E-state index contributed by atoms with van der Waals surface area (Å²) in [5, 5.41) is 12.0. The van der Waals surface area contributed by atoms with Gasteiger partial charge in [0.05, 0.1) is 22.1 Å². The maximum absolute atomic E-state index is 9.51. The number of hydrogen-bond acceptors (Lipinski definition) is 2. The molecule has 0 saturated heterocycles. The fourth-order valence-corrected chi connectivity index (χ4v) is 6.71. The Kier molecular flexibility index (Phi) is 3.63. The van der Waals surface area contributed by atoms with Crippen molar-refractivity contribution >= 4 is 29.5 Å². The minimum atomic E-state index is -0.485. The lowest BCUT2D eigenvalue weighted by Gasteiger charge is -2.39. The normalized spacial score (nSPS) is 16.8. The van der Waals surface area contributed by atoms with E-state index < -0.39 is 5.41 Å². The summed E-state index contributed by atoms with van der Waals surface area (Å²) < 4.78 is 8.03. The lowest BCUT2D eigenvalue weighted by Crippen LogP contribution is -2.33. The molecule has 2 aliphatic rings. The predicted molar refractivity (Wildman–Crippen MR) is 142 cm³/mol. The molecule has 0 fully saturated rings. The summed E-state index contributed by atoms with van der Waals surface area (Å²) in [4.78, 5) is 0. The van der Waals surface area contributed by atoms with Crippen LogP contribution in [0.4, 0.5) is 0 Å². The highest BCUT2D eigenvalue weighted by Gasteiger charge is 2.50. The zero-order valence-corrected chi connectivity index (χ0v) is 18.9. The Hall–Kier alpha value is -4.28. The van der Waals surface area contributed by atoms with Crippen LogP contribution in [0.5, 0.6) is 5.75 Å². The van der Waals surface area contributed by atoms with E-state index in [0.717, 1.165) is 0 Å². The molecule has 1 aliphatic heterocycles. The van der Waals surface area contributed by atoms with Crippen molar-refractivity contribution in [3.63, 3.8) is 0 Å². The molecule has 0 saturated carbocycles. The van der Waals surface area contributed by atoms with Crippen LogP contribution >= 0.6 is 0 Å². The highest BCUT2D eigenvalue weighted by molar-refractivity contribution is 6.17. The van der Waals surface area contributed by atoms with E-state index in [1.807, 2.05) is 6.07 Å². The highest BCUT2D eigenvalue weighted by atomic mass is 16.5. The first kappa shape index (κ1) is 19.1. The molecule has 8 rings (SSSR count). The third kappa shape index (κ3) is 2.17. The topological polar surface area (TPSA) is 34.4 Å². The van der Waals surface area contributed by atoms with Crippen molar-refractivity contribution in [3.8, 4) is 22.6 Å². The molecule has 1 aromatic heterocycles. The number of para-hydroxylation sites is 3. The first-order valence-electron chi connectivity index (χ1n) is 11.9. The molecule has 6 aromatic rings. The maximum atomic E-state index is 9.51. The Balaban J connectivity index is 1.64. The first-order chi connectivity index (χ1) is 17.3. The molecule has 1 aliphatic carbocycles. The van der Waals surface area contributed by atoms with Crippen LogP contribution in [0.1, 0.15) is 22.3 Å². The Bertz CT molecular complexity index is 1840. The van der Waals surface area contributed by atoms with Crippen molar-refractivity contribution in [1.29, 1.82) is 0 Å². The van der Waals surface area contributed by atoms with Gasteiger partial charge in [-0.05, 0) is 57.6 Å². The largest absolute Gasteiger partial charge is 0.539 e. The van der Waals surface area contributed by atoms with Gasteiger partial charge in [0.2, 0.25) is 0 Å².